The van der Waals surface area contributed by atoms with Gasteiger partial charge in [0.05, 0.1) is 5.92 Å². The minimum Gasteiger partial charge on any atom is -0.481 e. The molecule has 0 bridgehead atoms. The van der Waals surface area contributed by atoms with E-state index in [4.69, 9.17) is 10.2 Å². The summed E-state index contributed by atoms with van der Waals surface area (Å²) in [6, 6.07) is 7.70. The van der Waals surface area contributed by atoms with E-state index in [0.717, 1.165) is 11.1 Å². The van der Waals surface area contributed by atoms with Gasteiger partial charge in [0.1, 0.15) is 0 Å². The fourth-order valence-corrected chi connectivity index (χ4v) is 1.48. The lowest BCUT2D eigenvalue weighted by atomic mass is 9.99. The molecule has 1 aromatic rings. The summed E-state index contributed by atoms with van der Waals surface area (Å²) >= 11 is 0. The average molecular weight is 208 g/mol. The maximum absolute atomic E-state index is 10.7. The number of carboxylic acid groups (broad SMARTS) is 1. The van der Waals surface area contributed by atoms with E-state index in [1.54, 1.807) is 6.92 Å². The lowest BCUT2D eigenvalue weighted by Crippen LogP contribution is -2.12. The molecule has 0 aromatic heterocycles. The molecule has 3 nitrogen and oxygen atoms in total. The van der Waals surface area contributed by atoms with Crippen LogP contribution in [0.5, 0.6) is 0 Å². The Morgan fingerprint density at radius 1 is 1.40 bits per heavy atom. The van der Waals surface area contributed by atoms with Crippen molar-refractivity contribution in [3.63, 3.8) is 0 Å². The Hall–Kier alpha value is -1.35. The van der Waals surface area contributed by atoms with Crippen molar-refractivity contribution in [1.82, 2.24) is 0 Å². The molecule has 2 N–H and O–H groups in total. The first kappa shape index (κ1) is 11.7. The van der Waals surface area contributed by atoms with Crippen LogP contribution in [-0.2, 0) is 17.6 Å². The monoisotopic (exact) mass is 208 g/mol. The number of rotatable bonds is 5. The van der Waals surface area contributed by atoms with E-state index in [9.17, 15) is 4.79 Å². The van der Waals surface area contributed by atoms with Gasteiger partial charge in [0.25, 0.3) is 0 Å². The Morgan fingerprint density at radius 2 is 2.07 bits per heavy atom. The van der Waals surface area contributed by atoms with Crippen LogP contribution < -0.4 is 0 Å². The molecule has 0 saturated heterocycles. The van der Waals surface area contributed by atoms with Gasteiger partial charge in [-0.1, -0.05) is 31.2 Å². The zero-order valence-corrected chi connectivity index (χ0v) is 8.81. The molecule has 0 heterocycles. The standard InChI is InChI=1S/C12H16O3/c1-9(12(14)15)7-11-4-2-3-10(8-11)5-6-13/h2-4,8-9,13H,5-7H2,1H3,(H,14,15). The first-order valence-electron chi connectivity index (χ1n) is 5.05. The summed E-state index contributed by atoms with van der Waals surface area (Å²) in [5.41, 5.74) is 2.06. The van der Waals surface area contributed by atoms with E-state index < -0.39 is 5.97 Å². The Bertz CT molecular complexity index is 333. The van der Waals surface area contributed by atoms with Crippen LogP contribution in [0.25, 0.3) is 0 Å². The van der Waals surface area contributed by atoms with Crippen LogP contribution in [-0.4, -0.2) is 22.8 Å². The molecule has 0 fully saturated rings. The number of benzene rings is 1. The minimum absolute atomic E-state index is 0.123. The van der Waals surface area contributed by atoms with E-state index >= 15 is 0 Å². The van der Waals surface area contributed by atoms with Gasteiger partial charge in [0.2, 0.25) is 0 Å². The second kappa shape index (κ2) is 5.51. The number of hydrogen-bond acceptors (Lipinski definition) is 2. The first-order valence-corrected chi connectivity index (χ1v) is 5.05. The second-order valence-electron chi connectivity index (χ2n) is 3.74. The molecule has 1 atom stereocenters. The van der Waals surface area contributed by atoms with Crippen LogP contribution in [0.2, 0.25) is 0 Å². The molecule has 15 heavy (non-hydrogen) atoms. The molecule has 0 radical (unpaired) electrons. The number of carboxylic acids is 1. The van der Waals surface area contributed by atoms with Gasteiger partial charge in [-0.15, -0.1) is 0 Å². The Labute approximate surface area is 89.4 Å². The lowest BCUT2D eigenvalue weighted by Gasteiger charge is -2.07. The van der Waals surface area contributed by atoms with Crippen molar-refractivity contribution in [3.8, 4) is 0 Å². The third kappa shape index (κ3) is 3.72. The van der Waals surface area contributed by atoms with Crippen LogP contribution >= 0.6 is 0 Å². The summed E-state index contributed by atoms with van der Waals surface area (Å²) < 4.78 is 0. The smallest absolute Gasteiger partial charge is 0.306 e. The van der Waals surface area contributed by atoms with E-state index in [0.29, 0.717) is 12.8 Å². The summed E-state index contributed by atoms with van der Waals surface area (Å²) in [5.74, 6) is -1.14. The minimum atomic E-state index is -0.775. The van der Waals surface area contributed by atoms with Crippen molar-refractivity contribution >= 4 is 5.97 Å². The van der Waals surface area contributed by atoms with Crippen molar-refractivity contribution in [2.24, 2.45) is 5.92 Å². The highest BCUT2D eigenvalue weighted by molar-refractivity contribution is 5.69. The lowest BCUT2D eigenvalue weighted by molar-refractivity contribution is -0.141. The SMILES string of the molecule is CC(Cc1cccc(CCO)c1)C(=O)O. The molecule has 0 saturated carbocycles. The molecule has 1 aromatic carbocycles. The van der Waals surface area contributed by atoms with Gasteiger partial charge in [-0.2, -0.15) is 0 Å². The van der Waals surface area contributed by atoms with Crippen molar-refractivity contribution < 1.29 is 15.0 Å². The first-order chi connectivity index (χ1) is 7.13. The molecule has 1 unspecified atom stereocenters. The predicted molar refractivity (Wildman–Crippen MR) is 57.7 cm³/mol. The fourth-order valence-electron chi connectivity index (χ4n) is 1.48. The summed E-state index contributed by atoms with van der Waals surface area (Å²) in [4.78, 5) is 10.7. The van der Waals surface area contributed by atoms with Crippen molar-refractivity contribution in [3.05, 3.63) is 35.4 Å². The van der Waals surface area contributed by atoms with Crippen LogP contribution in [0.3, 0.4) is 0 Å². The average Bonchev–Trinajstić information content (AvgIpc) is 2.18. The summed E-state index contributed by atoms with van der Waals surface area (Å²) in [5, 5.41) is 17.6. The number of hydrogen-bond donors (Lipinski definition) is 2. The van der Waals surface area contributed by atoms with Crippen LogP contribution in [0.4, 0.5) is 0 Å². The van der Waals surface area contributed by atoms with E-state index in [-0.39, 0.29) is 12.5 Å². The Kier molecular flexibility index (Phi) is 4.31. The summed E-state index contributed by atoms with van der Waals surface area (Å²) in [6.07, 6.45) is 1.16. The molecule has 0 aliphatic carbocycles. The second-order valence-corrected chi connectivity index (χ2v) is 3.74. The maximum atomic E-state index is 10.7. The summed E-state index contributed by atoms with van der Waals surface area (Å²) in [6.45, 7) is 1.82. The van der Waals surface area contributed by atoms with Gasteiger partial charge in [0, 0.05) is 6.61 Å². The number of aliphatic hydroxyl groups is 1. The highest BCUT2D eigenvalue weighted by atomic mass is 16.4. The van der Waals surface area contributed by atoms with Crippen molar-refractivity contribution in [1.29, 1.82) is 0 Å². The van der Waals surface area contributed by atoms with Crippen LogP contribution in [0.15, 0.2) is 24.3 Å². The van der Waals surface area contributed by atoms with E-state index in [1.165, 1.54) is 0 Å². The molecule has 0 spiro atoms. The van der Waals surface area contributed by atoms with Gasteiger partial charge in [-0.25, -0.2) is 0 Å². The molecule has 0 amide bonds. The molecule has 3 heteroatoms. The number of aliphatic carboxylic acids is 1. The predicted octanol–water partition coefficient (Wildman–Crippen LogP) is 1.48. The zero-order valence-electron chi connectivity index (χ0n) is 8.81. The molecular formula is C12H16O3. The third-order valence-corrected chi connectivity index (χ3v) is 2.36. The highest BCUT2D eigenvalue weighted by Crippen LogP contribution is 2.11. The van der Waals surface area contributed by atoms with Gasteiger partial charge < -0.3 is 10.2 Å². The molecular weight excluding hydrogens is 192 g/mol. The third-order valence-electron chi connectivity index (χ3n) is 2.36. The van der Waals surface area contributed by atoms with E-state index in [1.807, 2.05) is 24.3 Å². The van der Waals surface area contributed by atoms with Gasteiger partial charge >= 0.3 is 5.97 Å². The normalized spacial score (nSPS) is 12.4. The van der Waals surface area contributed by atoms with Crippen molar-refractivity contribution in [2.75, 3.05) is 6.61 Å². The number of carbonyl (C=O) groups is 1. The Morgan fingerprint density at radius 3 is 2.67 bits per heavy atom. The molecule has 1 rings (SSSR count). The van der Waals surface area contributed by atoms with Crippen LogP contribution in [0.1, 0.15) is 18.1 Å². The quantitative estimate of drug-likeness (QED) is 0.770. The maximum Gasteiger partial charge on any atom is 0.306 e. The van der Waals surface area contributed by atoms with Gasteiger partial charge in [0.15, 0.2) is 0 Å². The number of aliphatic hydroxyl groups excluding tert-OH is 1. The molecule has 0 aliphatic heterocycles. The fraction of sp³-hybridized carbons (Fsp3) is 0.417. The summed E-state index contributed by atoms with van der Waals surface area (Å²) in [7, 11) is 0. The van der Waals surface area contributed by atoms with Gasteiger partial charge in [-0.05, 0) is 24.0 Å². The van der Waals surface area contributed by atoms with E-state index in [2.05, 4.69) is 0 Å². The van der Waals surface area contributed by atoms with Gasteiger partial charge in [-0.3, -0.25) is 4.79 Å². The molecule has 82 valence electrons. The topological polar surface area (TPSA) is 57.5 Å². The zero-order chi connectivity index (χ0) is 11.3. The molecule has 0 aliphatic rings. The highest BCUT2D eigenvalue weighted by Gasteiger charge is 2.11. The largest absolute Gasteiger partial charge is 0.481 e. The van der Waals surface area contributed by atoms with Crippen LogP contribution in [0, 0.1) is 5.92 Å². The van der Waals surface area contributed by atoms with Crippen molar-refractivity contribution in [2.45, 2.75) is 19.8 Å². The Balaban J connectivity index is 2.68.